The summed E-state index contributed by atoms with van der Waals surface area (Å²) in [6, 6.07) is 15.4. The number of hydrogen-bond donors (Lipinski definition) is 3. The first-order chi connectivity index (χ1) is 15.5. The normalized spacial score (nSPS) is 16.5. The fourth-order valence-electron chi connectivity index (χ4n) is 3.48. The molecule has 1 aromatic heterocycles. The number of nitrogens with zero attached hydrogens (tertiary/aromatic N) is 3. The van der Waals surface area contributed by atoms with Gasteiger partial charge in [0.2, 0.25) is 5.91 Å². The van der Waals surface area contributed by atoms with Crippen LogP contribution in [0.4, 0.5) is 0 Å². The van der Waals surface area contributed by atoms with Gasteiger partial charge >= 0.3 is 5.97 Å². The Morgan fingerprint density at radius 3 is 2.53 bits per heavy atom. The molecule has 0 bridgehead atoms. The fourth-order valence-corrected chi connectivity index (χ4v) is 3.48. The van der Waals surface area contributed by atoms with E-state index >= 15 is 0 Å². The van der Waals surface area contributed by atoms with Crippen LogP contribution < -0.4 is 10.1 Å². The highest BCUT2D eigenvalue weighted by atomic mass is 16.5. The maximum absolute atomic E-state index is 11.9. The molecule has 3 N–H and O–H groups in total. The van der Waals surface area contributed by atoms with E-state index in [0.717, 1.165) is 11.3 Å². The lowest BCUT2D eigenvalue weighted by atomic mass is 10.0. The molecule has 2 heterocycles. The second-order valence-electron chi connectivity index (χ2n) is 7.42. The van der Waals surface area contributed by atoms with Crippen molar-refractivity contribution in [3.63, 3.8) is 0 Å². The molecular weight excluding hydrogens is 410 g/mol. The van der Waals surface area contributed by atoms with Gasteiger partial charge in [0.15, 0.2) is 0 Å². The molecular formula is C23H23N5O4. The number of para-hydroxylation sites is 1. The van der Waals surface area contributed by atoms with E-state index in [1.165, 1.54) is 18.3 Å². The Balaban J connectivity index is 1.53. The van der Waals surface area contributed by atoms with Crippen molar-refractivity contribution in [2.75, 3.05) is 6.54 Å². The number of aromatic amines is 1. The highest BCUT2D eigenvalue weighted by Crippen LogP contribution is 2.23. The van der Waals surface area contributed by atoms with Gasteiger partial charge in [-0.15, -0.1) is 0 Å². The molecule has 9 heteroatoms. The molecule has 0 unspecified atom stereocenters. The molecule has 0 fully saturated rings. The summed E-state index contributed by atoms with van der Waals surface area (Å²) < 4.78 is 5.83. The Kier molecular flexibility index (Phi) is 6.27. The van der Waals surface area contributed by atoms with E-state index in [1.54, 1.807) is 6.20 Å². The summed E-state index contributed by atoms with van der Waals surface area (Å²) in [6.45, 7) is 1.68. The van der Waals surface area contributed by atoms with Crippen molar-refractivity contribution >= 4 is 17.6 Å². The van der Waals surface area contributed by atoms with Crippen LogP contribution in [0, 0.1) is 0 Å². The van der Waals surface area contributed by atoms with Gasteiger partial charge in [0, 0.05) is 25.2 Å². The van der Waals surface area contributed by atoms with Gasteiger partial charge in [0.25, 0.3) is 0 Å². The first-order valence-corrected chi connectivity index (χ1v) is 10.2. The number of amides is 1. The molecule has 164 valence electrons. The lowest BCUT2D eigenvalue weighted by molar-refractivity contribution is -0.139. The molecule has 0 spiro atoms. The number of benzene rings is 2. The Morgan fingerprint density at radius 1 is 1.19 bits per heavy atom. The molecule has 0 radical (unpaired) electrons. The standard InChI is InChI=1S/C23H23N5O4/c1-15(29)28-13-21(26-20(23(30)31)11-17-12-24-14-25-17)22(27-28)16-7-9-19(10-8-16)32-18-5-3-2-4-6-18/h2-10,12,14,20-21,26H,11,13H2,1H3,(H,24,25)(H,30,31)/t20-,21-/m0/s1. The first kappa shape index (κ1) is 21.3. The van der Waals surface area contributed by atoms with Crippen molar-refractivity contribution in [1.82, 2.24) is 20.3 Å². The molecule has 0 saturated carbocycles. The molecule has 2 aromatic carbocycles. The van der Waals surface area contributed by atoms with Crippen molar-refractivity contribution in [2.24, 2.45) is 5.10 Å². The number of carboxylic acid groups (broad SMARTS) is 1. The number of aromatic nitrogens is 2. The molecule has 3 aromatic rings. The number of hydrogen-bond acceptors (Lipinski definition) is 6. The van der Waals surface area contributed by atoms with Crippen LogP contribution in [-0.2, 0) is 16.0 Å². The lowest BCUT2D eigenvalue weighted by Gasteiger charge is -2.21. The monoisotopic (exact) mass is 433 g/mol. The average molecular weight is 433 g/mol. The smallest absolute Gasteiger partial charge is 0.321 e. The third-order valence-corrected chi connectivity index (χ3v) is 5.09. The van der Waals surface area contributed by atoms with Gasteiger partial charge in [0.1, 0.15) is 17.5 Å². The molecule has 0 aliphatic carbocycles. The molecule has 9 nitrogen and oxygen atoms in total. The number of nitrogens with one attached hydrogen (secondary N) is 2. The summed E-state index contributed by atoms with van der Waals surface area (Å²) in [5, 5.41) is 18.6. The van der Waals surface area contributed by atoms with Crippen LogP contribution in [0.15, 0.2) is 72.2 Å². The zero-order chi connectivity index (χ0) is 22.5. The molecule has 1 aliphatic heterocycles. The zero-order valence-corrected chi connectivity index (χ0v) is 17.4. The van der Waals surface area contributed by atoms with Crippen LogP contribution in [0.5, 0.6) is 11.5 Å². The Hall–Kier alpha value is -3.98. The van der Waals surface area contributed by atoms with Gasteiger partial charge < -0.3 is 14.8 Å². The summed E-state index contributed by atoms with van der Waals surface area (Å²) in [5.41, 5.74) is 2.08. The second-order valence-corrected chi connectivity index (χ2v) is 7.42. The molecule has 32 heavy (non-hydrogen) atoms. The number of carbonyl (C=O) groups excluding carboxylic acids is 1. The van der Waals surface area contributed by atoms with Crippen LogP contribution in [0.2, 0.25) is 0 Å². The zero-order valence-electron chi connectivity index (χ0n) is 17.4. The van der Waals surface area contributed by atoms with Crippen molar-refractivity contribution < 1.29 is 19.4 Å². The topological polar surface area (TPSA) is 120 Å². The Labute approximate surface area is 184 Å². The molecule has 2 atom stereocenters. The van der Waals surface area contributed by atoms with E-state index in [2.05, 4.69) is 20.4 Å². The number of rotatable bonds is 8. The number of imidazole rings is 1. The first-order valence-electron chi connectivity index (χ1n) is 10.2. The van der Waals surface area contributed by atoms with Gasteiger partial charge in [-0.3, -0.25) is 14.9 Å². The highest BCUT2D eigenvalue weighted by molar-refractivity contribution is 6.06. The number of carbonyl (C=O) groups is 2. The van der Waals surface area contributed by atoms with Crippen LogP contribution >= 0.6 is 0 Å². The number of H-pyrrole nitrogens is 1. The molecule has 4 rings (SSSR count). The fraction of sp³-hybridized carbons (Fsp3) is 0.217. The van der Waals surface area contributed by atoms with E-state index in [9.17, 15) is 14.7 Å². The Morgan fingerprint density at radius 2 is 1.91 bits per heavy atom. The summed E-state index contributed by atoms with van der Waals surface area (Å²) in [4.78, 5) is 30.7. The summed E-state index contributed by atoms with van der Waals surface area (Å²) in [7, 11) is 0. The van der Waals surface area contributed by atoms with Gasteiger partial charge in [0.05, 0.1) is 24.6 Å². The SMILES string of the molecule is CC(=O)N1C[C@H](N[C@@H](Cc2cnc[nH]2)C(=O)O)C(c2ccc(Oc3ccccc3)cc2)=N1. The lowest BCUT2D eigenvalue weighted by Crippen LogP contribution is -2.49. The van der Waals surface area contributed by atoms with Gasteiger partial charge in [-0.2, -0.15) is 5.10 Å². The quantitative estimate of drug-likeness (QED) is 0.502. The van der Waals surface area contributed by atoms with E-state index in [0.29, 0.717) is 17.2 Å². The minimum absolute atomic E-state index is 0.212. The minimum atomic E-state index is -0.994. The third-order valence-electron chi connectivity index (χ3n) is 5.09. The van der Waals surface area contributed by atoms with Crippen molar-refractivity contribution in [3.8, 4) is 11.5 Å². The van der Waals surface area contributed by atoms with Crippen LogP contribution in [0.1, 0.15) is 18.2 Å². The average Bonchev–Trinajstić information content (AvgIpc) is 3.45. The van der Waals surface area contributed by atoms with Gasteiger partial charge in [-0.1, -0.05) is 18.2 Å². The van der Waals surface area contributed by atoms with E-state index in [4.69, 9.17) is 4.74 Å². The third kappa shape index (κ3) is 5.01. The van der Waals surface area contributed by atoms with Gasteiger partial charge in [-0.25, -0.2) is 9.99 Å². The maximum Gasteiger partial charge on any atom is 0.321 e. The van der Waals surface area contributed by atoms with Crippen LogP contribution in [0.25, 0.3) is 0 Å². The van der Waals surface area contributed by atoms with Crippen molar-refractivity contribution in [1.29, 1.82) is 0 Å². The Bertz CT molecular complexity index is 1100. The van der Waals surface area contributed by atoms with E-state index in [-0.39, 0.29) is 18.9 Å². The summed E-state index contributed by atoms with van der Waals surface area (Å²) in [5.74, 6) is 0.182. The summed E-state index contributed by atoms with van der Waals surface area (Å²) in [6.07, 6.45) is 3.32. The maximum atomic E-state index is 11.9. The number of hydrazone groups is 1. The predicted octanol–water partition coefficient (Wildman–Crippen LogP) is 2.42. The van der Waals surface area contributed by atoms with E-state index < -0.39 is 18.1 Å². The van der Waals surface area contributed by atoms with Crippen molar-refractivity contribution in [2.45, 2.75) is 25.4 Å². The largest absolute Gasteiger partial charge is 0.480 e. The molecule has 0 saturated heterocycles. The molecule has 1 aliphatic rings. The highest BCUT2D eigenvalue weighted by Gasteiger charge is 2.33. The number of aliphatic carboxylic acids is 1. The van der Waals surface area contributed by atoms with Crippen molar-refractivity contribution in [3.05, 3.63) is 78.4 Å². The molecule has 1 amide bonds. The van der Waals surface area contributed by atoms with Crippen LogP contribution in [0.3, 0.4) is 0 Å². The minimum Gasteiger partial charge on any atom is -0.480 e. The van der Waals surface area contributed by atoms with E-state index in [1.807, 2.05) is 54.6 Å². The number of ether oxygens (including phenoxy) is 1. The predicted molar refractivity (Wildman–Crippen MR) is 118 cm³/mol. The van der Waals surface area contributed by atoms with Gasteiger partial charge in [-0.05, 0) is 42.0 Å². The second kappa shape index (κ2) is 9.44. The van der Waals surface area contributed by atoms with Crippen LogP contribution in [-0.4, -0.2) is 56.3 Å². The number of carboxylic acids is 1. The summed E-state index contributed by atoms with van der Waals surface area (Å²) >= 11 is 0.